The molecular formula is C13H16BrClINO. The highest BCUT2D eigenvalue weighted by molar-refractivity contribution is 14.1. The van der Waals surface area contributed by atoms with Crippen molar-refractivity contribution in [2.45, 2.75) is 25.7 Å². The minimum absolute atomic E-state index is 0.0487. The molecule has 0 heterocycles. The molecule has 1 N–H and O–H groups in total. The van der Waals surface area contributed by atoms with Crippen LogP contribution in [0.25, 0.3) is 0 Å². The van der Waals surface area contributed by atoms with Gasteiger partial charge in [-0.3, -0.25) is 4.79 Å². The second-order valence-electron chi connectivity index (χ2n) is 3.98. The lowest BCUT2D eigenvalue weighted by molar-refractivity contribution is 0.0952. The van der Waals surface area contributed by atoms with Crippen LogP contribution in [0, 0.1) is 0 Å². The molecule has 0 atom stereocenters. The van der Waals surface area contributed by atoms with Gasteiger partial charge < -0.3 is 5.32 Å². The molecule has 0 aliphatic rings. The van der Waals surface area contributed by atoms with Crippen molar-refractivity contribution in [3.8, 4) is 0 Å². The summed E-state index contributed by atoms with van der Waals surface area (Å²) in [6.45, 7) is 0.731. The minimum atomic E-state index is -0.0487. The van der Waals surface area contributed by atoms with Crippen LogP contribution in [-0.2, 0) is 0 Å². The number of unbranched alkanes of at least 4 members (excludes halogenated alkanes) is 3. The van der Waals surface area contributed by atoms with Gasteiger partial charge in [0.05, 0.1) is 5.56 Å². The summed E-state index contributed by atoms with van der Waals surface area (Å²) in [6, 6.07) is 5.19. The van der Waals surface area contributed by atoms with Crippen molar-refractivity contribution in [2.24, 2.45) is 0 Å². The first-order valence-electron chi connectivity index (χ1n) is 5.94. The van der Waals surface area contributed by atoms with Crippen molar-refractivity contribution in [2.75, 3.05) is 11.0 Å². The number of amides is 1. The number of rotatable bonds is 7. The van der Waals surface area contributed by atoms with Gasteiger partial charge in [0, 0.05) is 16.0 Å². The lowest BCUT2D eigenvalue weighted by atomic mass is 10.2. The van der Waals surface area contributed by atoms with Crippen molar-refractivity contribution in [1.29, 1.82) is 0 Å². The van der Waals surface area contributed by atoms with E-state index >= 15 is 0 Å². The molecule has 0 radical (unpaired) electrons. The van der Waals surface area contributed by atoms with Gasteiger partial charge in [0.2, 0.25) is 0 Å². The number of carbonyl (C=O) groups excluding carboxylic acids is 1. The number of nitrogens with one attached hydrogen (secondary N) is 1. The van der Waals surface area contributed by atoms with Crippen LogP contribution in [0.5, 0.6) is 0 Å². The Morgan fingerprint density at radius 1 is 1.28 bits per heavy atom. The van der Waals surface area contributed by atoms with Gasteiger partial charge in [0.1, 0.15) is 0 Å². The molecular weight excluding hydrogens is 428 g/mol. The normalized spacial score (nSPS) is 10.4. The standard InChI is InChI=1S/C13H16BrClINO/c14-12-9-10(15)5-6-11(12)13(18)17-8-4-2-1-3-7-16/h5-6,9H,1-4,7-8H2,(H,17,18). The Labute approximate surface area is 135 Å². The lowest BCUT2D eigenvalue weighted by Gasteiger charge is -2.07. The summed E-state index contributed by atoms with van der Waals surface area (Å²) < 4.78 is 1.94. The first kappa shape index (κ1) is 16.2. The fraction of sp³-hybridized carbons (Fsp3) is 0.462. The third kappa shape index (κ3) is 5.89. The van der Waals surface area contributed by atoms with E-state index in [1.54, 1.807) is 18.2 Å². The van der Waals surface area contributed by atoms with Crippen molar-refractivity contribution in [3.05, 3.63) is 33.3 Å². The third-order valence-electron chi connectivity index (χ3n) is 2.52. The SMILES string of the molecule is O=C(NCCCCCCI)c1ccc(Cl)cc1Br. The van der Waals surface area contributed by atoms with Crippen molar-refractivity contribution >= 4 is 56.0 Å². The molecule has 1 amide bonds. The number of halogens is 3. The second-order valence-corrected chi connectivity index (χ2v) is 6.35. The lowest BCUT2D eigenvalue weighted by Crippen LogP contribution is -2.24. The van der Waals surface area contributed by atoms with Crippen molar-refractivity contribution in [1.82, 2.24) is 5.32 Å². The number of hydrogen-bond donors (Lipinski definition) is 1. The van der Waals surface area contributed by atoms with E-state index < -0.39 is 0 Å². The molecule has 0 saturated carbocycles. The van der Waals surface area contributed by atoms with E-state index in [1.165, 1.54) is 23.7 Å². The van der Waals surface area contributed by atoms with E-state index in [9.17, 15) is 4.79 Å². The van der Waals surface area contributed by atoms with E-state index in [-0.39, 0.29) is 5.91 Å². The zero-order valence-electron chi connectivity index (χ0n) is 10.0. The van der Waals surface area contributed by atoms with Crippen LogP contribution in [0.4, 0.5) is 0 Å². The van der Waals surface area contributed by atoms with Gasteiger partial charge in [-0.25, -0.2) is 0 Å². The highest BCUT2D eigenvalue weighted by Crippen LogP contribution is 2.21. The number of alkyl halides is 1. The zero-order chi connectivity index (χ0) is 13.4. The first-order chi connectivity index (χ1) is 8.65. The second kappa shape index (κ2) is 9.15. The topological polar surface area (TPSA) is 29.1 Å². The van der Waals surface area contributed by atoms with E-state index in [4.69, 9.17) is 11.6 Å². The molecule has 0 aliphatic heterocycles. The van der Waals surface area contributed by atoms with Gasteiger partial charge >= 0.3 is 0 Å². The van der Waals surface area contributed by atoms with Gasteiger partial charge in [-0.2, -0.15) is 0 Å². The Kier molecular flexibility index (Phi) is 8.26. The van der Waals surface area contributed by atoms with Crippen LogP contribution >= 0.6 is 50.1 Å². The molecule has 0 saturated heterocycles. The first-order valence-corrected chi connectivity index (χ1v) is 8.64. The molecule has 0 bridgehead atoms. The Morgan fingerprint density at radius 3 is 2.67 bits per heavy atom. The van der Waals surface area contributed by atoms with Crippen LogP contribution < -0.4 is 5.32 Å². The maximum atomic E-state index is 11.9. The van der Waals surface area contributed by atoms with Gasteiger partial charge in [-0.05, 0) is 51.4 Å². The molecule has 0 spiro atoms. The summed E-state index contributed by atoms with van der Waals surface area (Å²) in [7, 11) is 0. The maximum absolute atomic E-state index is 11.9. The quantitative estimate of drug-likeness (QED) is 0.364. The van der Waals surface area contributed by atoms with Gasteiger partial charge in [-0.15, -0.1) is 0 Å². The third-order valence-corrected chi connectivity index (χ3v) is 4.18. The molecule has 5 heteroatoms. The molecule has 1 aromatic carbocycles. The summed E-state index contributed by atoms with van der Waals surface area (Å²) in [4.78, 5) is 11.9. The average Bonchev–Trinajstić information content (AvgIpc) is 2.33. The molecule has 0 aromatic heterocycles. The Morgan fingerprint density at radius 2 is 2.00 bits per heavy atom. The molecule has 1 aromatic rings. The van der Waals surface area contributed by atoms with Crippen LogP contribution in [0.3, 0.4) is 0 Å². The van der Waals surface area contributed by atoms with Gasteiger partial charge in [0.15, 0.2) is 0 Å². The smallest absolute Gasteiger partial charge is 0.252 e. The summed E-state index contributed by atoms with van der Waals surface area (Å²) in [5, 5.41) is 3.54. The van der Waals surface area contributed by atoms with Crippen LogP contribution in [-0.4, -0.2) is 16.9 Å². The van der Waals surface area contributed by atoms with Crippen molar-refractivity contribution < 1.29 is 4.79 Å². The average molecular weight is 445 g/mol. The fourth-order valence-corrected chi connectivity index (χ4v) is 2.95. The molecule has 1 rings (SSSR count). The van der Waals surface area contributed by atoms with E-state index in [1.807, 2.05) is 0 Å². The highest BCUT2D eigenvalue weighted by atomic mass is 127. The molecule has 100 valence electrons. The monoisotopic (exact) mass is 443 g/mol. The van der Waals surface area contributed by atoms with E-state index in [2.05, 4.69) is 43.8 Å². The van der Waals surface area contributed by atoms with E-state index in [0.29, 0.717) is 10.6 Å². The molecule has 0 fully saturated rings. The Bertz CT molecular complexity index is 401. The van der Waals surface area contributed by atoms with Gasteiger partial charge in [0.25, 0.3) is 5.91 Å². The van der Waals surface area contributed by atoms with E-state index in [0.717, 1.165) is 17.4 Å². The summed E-state index contributed by atoms with van der Waals surface area (Å²) in [6.07, 6.45) is 4.71. The number of hydrogen-bond acceptors (Lipinski definition) is 1. The van der Waals surface area contributed by atoms with Gasteiger partial charge in [-0.1, -0.05) is 47.0 Å². The maximum Gasteiger partial charge on any atom is 0.252 e. The summed E-state index contributed by atoms with van der Waals surface area (Å²) in [5.41, 5.74) is 0.631. The molecule has 18 heavy (non-hydrogen) atoms. The fourth-order valence-electron chi connectivity index (χ4n) is 1.54. The van der Waals surface area contributed by atoms with Crippen LogP contribution in [0.1, 0.15) is 36.0 Å². The Balaban J connectivity index is 2.32. The molecule has 2 nitrogen and oxygen atoms in total. The highest BCUT2D eigenvalue weighted by Gasteiger charge is 2.09. The van der Waals surface area contributed by atoms with Crippen LogP contribution in [0.15, 0.2) is 22.7 Å². The zero-order valence-corrected chi connectivity index (χ0v) is 14.5. The summed E-state index contributed by atoms with van der Waals surface area (Å²) in [5.74, 6) is -0.0487. The summed E-state index contributed by atoms with van der Waals surface area (Å²) >= 11 is 11.6. The van der Waals surface area contributed by atoms with Crippen molar-refractivity contribution in [3.63, 3.8) is 0 Å². The molecule has 0 aliphatic carbocycles. The minimum Gasteiger partial charge on any atom is -0.352 e. The molecule has 0 unspecified atom stereocenters. The number of benzene rings is 1. The van der Waals surface area contributed by atoms with Crippen LogP contribution in [0.2, 0.25) is 5.02 Å². The Hall–Kier alpha value is 0.190. The number of carbonyl (C=O) groups is 1. The predicted molar refractivity (Wildman–Crippen MR) is 88.8 cm³/mol. The largest absolute Gasteiger partial charge is 0.352 e. The predicted octanol–water partition coefficient (Wildman–Crippen LogP) is 4.83.